The van der Waals surface area contributed by atoms with Crippen molar-refractivity contribution in [3.8, 4) is 0 Å². The minimum atomic E-state index is -3.75. The SMILES string of the molecule is O=C(Nc1ccc(Cl)cc1)c1cc(Cl)ccc1NCS(=O)(=O)c1ccc(Cl)c(Cl)c1. The number of anilines is 2. The molecule has 0 aromatic heterocycles. The van der Waals surface area contributed by atoms with Crippen molar-refractivity contribution in [3.05, 3.63) is 86.3 Å². The smallest absolute Gasteiger partial charge is 0.257 e. The van der Waals surface area contributed by atoms with Gasteiger partial charge in [0.25, 0.3) is 5.91 Å². The van der Waals surface area contributed by atoms with Crippen LogP contribution in [0.3, 0.4) is 0 Å². The standard InChI is InChI=1S/C20H14Cl4N2O3S/c21-12-1-4-14(5-2-12)26-20(27)16-9-13(22)3-8-19(16)25-11-30(28,29)15-6-7-17(23)18(24)10-15/h1-10,25H,11H2,(H,26,27). The third-order valence-electron chi connectivity index (χ3n) is 4.03. The van der Waals surface area contributed by atoms with Gasteiger partial charge in [0.1, 0.15) is 5.88 Å². The predicted octanol–water partition coefficient (Wildman–Crippen LogP) is 6.40. The molecule has 30 heavy (non-hydrogen) atoms. The summed E-state index contributed by atoms with van der Waals surface area (Å²) >= 11 is 23.6. The Morgan fingerprint density at radius 3 is 2.13 bits per heavy atom. The molecule has 0 aliphatic heterocycles. The van der Waals surface area contributed by atoms with Gasteiger partial charge in [-0.15, -0.1) is 0 Å². The lowest BCUT2D eigenvalue weighted by Gasteiger charge is -2.14. The first kappa shape index (κ1) is 22.7. The van der Waals surface area contributed by atoms with Crippen LogP contribution in [0, 0.1) is 0 Å². The molecule has 0 saturated carbocycles. The normalized spacial score (nSPS) is 11.2. The van der Waals surface area contributed by atoms with E-state index in [-0.39, 0.29) is 20.5 Å². The van der Waals surface area contributed by atoms with E-state index in [1.54, 1.807) is 30.3 Å². The first-order valence-corrected chi connectivity index (χ1v) is 11.6. The Morgan fingerprint density at radius 2 is 1.47 bits per heavy atom. The Bertz CT molecular complexity index is 1200. The first-order valence-electron chi connectivity index (χ1n) is 8.44. The Morgan fingerprint density at radius 1 is 0.800 bits per heavy atom. The molecule has 0 fully saturated rings. The molecule has 0 aliphatic rings. The van der Waals surface area contributed by atoms with Gasteiger partial charge in [-0.3, -0.25) is 4.79 Å². The van der Waals surface area contributed by atoms with Crippen LogP contribution in [0.1, 0.15) is 10.4 Å². The van der Waals surface area contributed by atoms with E-state index in [1.807, 2.05) is 0 Å². The largest absolute Gasteiger partial charge is 0.371 e. The van der Waals surface area contributed by atoms with Gasteiger partial charge in [-0.1, -0.05) is 46.4 Å². The highest BCUT2D eigenvalue weighted by Gasteiger charge is 2.18. The lowest BCUT2D eigenvalue weighted by atomic mass is 10.1. The molecule has 3 aromatic rings. The topological polar surface area (TPSA) is 75.3 Å². The summed E-state index contributed by atoms with van der Waals surface area (Å²) in [5.74, 6) is -0.928. The molecular weight excluding hydrogens is 490 g/mol. The number of halogens is 4. The molecule has 2 N–H and O–H groups in total. The zero-order valence-corrected chi connectivity index (χ0v) is 19.0. The minimum Gasteiger partial charge on any atom is -0.371 e. The molecule has 0 radical (unpaired) electrons. The lowest BCUT2D eigenvalue weighted by Crippen LogP contribution is -2.19. The molecule has 0 aliphatic carbocycles. The zero-order chi connectivity index (χ0) is 21.9. The number of carbonyl (C=O) groups is 1. The summed E-state index contributed by atoms with van der Waals surface area (Å²) in [5.41, 5.74) is 1.01. The van der Waals surface area contributed by atoms with Crippen LogP contribution in [0.2, 0.25) is 20.1 Å². The van der Waals surface area contributed by atoms with Crippen LogP contribution < -0.4 is 10.6 Å². The highest BCUT2D eigenvalue weighted by molar-refractivity contribution is 7.91. The number of hydrogen-bond acceptors (Lipinski definition) is 4. The molecule has 5 nitrogen and oxygen atoms in total. The van der Waals surface area contributed by atoms with Crippen molar-refractivity contribution >= 4 is 73.5 Å². The van der Waals surface area contributed by atoms with Crippen LogP contribution in [0.4, 0.5) is 11.4 Å². The fourth-order valence-corrected chi connectivity index (χ4v) is 4.26. The van der Waals surface area contributed by atoms with Crippen molar-refractivity contribution in [1.29, 1.82) is 0 Å². The van der Waals surface area contributed by atoms with Crippen molar-refractivity contribution in [2.75, 3.05) is 16.5 Å². The third-order valence-corrected chi connectivity index (χ3v) is 6.75. The van der Waals surface area contributed by atoms with Crippen molar-refractivity contribution in [2.45, 2.75) is 4.90 Å². The number of carbonyl (C=O) groups excluding carboxylic acids is 1. The molecule has 0 saturated heterocycles. The summed E-state index contributed by atoms with van der Waals surface area (Å²) in [7, 11) is -3.75. The minimum absolute atomic E-state index is 0.00512. The van der Waals surface area contributed by atoms with Crippen molar-refractivity contribution in [2.24, 2.45) is 0 Å². The van der Waals surface area contributed by atoms with Crippen LogP contribution in [0.15, 0.2) is 65.6 Å². The monoisotopic (exact) mass is 502 g/mol. The summed E-state index contributed by atoms with van der Waals surface area (Å²) < 4.78 is 25.3. The molecule has 3 aromatic carbocycles. The van der Waals surface area contributed by atoms with Crippen molar-refractivity contribution in [1.82, 2.24) is 0 Å². The van der Waals surface area contributed by atoms with Gasteiger partial charge in [-0.2, -0.15) is 0 Å². The van der Waals surface area contributed by atoms with Crippen LogP contribution in [-0.2, 0) is 9.84 Å². The summed E-state index contributed by atoms with van der Waals surface area (Å²) in [4.78, 5) is 12.7. The highest BCUT2D eigenvalue weighted by Crippen LogP contribution is 2.27. The van der Waals surface area contributed by atoms with Crippen LogP contribution in [0.25, 0.3) is 0 Å². The Kier molecular flexibility index (Phi) is 7.16. The summed E-state index contributed by atoms with van der Waals surface area (Å²) in [5, 5.41) is 6.75. The second kappa shape index (κ2) is 9.45. The Balaban J connectivity index is 1.81. The molecule has 0 unspecified atom stereocenters. The quantitative estimate of drug-likeness (QED) is 0.408. The van der Waals surface area contributed by atoms with Gasteiger partial charge in [0.2, 0.25) is 0 Å². The van der Waals surface area contributed by atoms with Gasteiger partial charge in [0.15, 0.2) is 9.84 Å². The van der Waals surface area contributed by atoms with E-state index in [1.165, 1.54) is 30.3 Å². The predicted molar refractivity (Wildman–Crippen MR) is 123 cm³/mol. The molecule has 1 amide bonds. The number of sulfone groups is 1. The van der Waals surface area contributed by atoms with Crippen molar-refractivity contribution < 1.29 is 13.2 Å². The molecular formula is C20H14Cl4N2O3S. The number of nitrogens with one attached hydrogen (secondary N) is 2. The first-order chi connectivity index (χ1) is 14.2. The van der Waals surface area contributed by atoms with E-state index in [9.17, 15) is 13.2 Å². The Labute approximate surface area is 193 Å². The van der Waals surface area contributed by atoms with Gasteiger partial charge < -0.3 is 10.6 Å². The van der Waals surface area contributed by atoms with E-state index in [0.29, 0.717) is 21.4 Å². The van der Waals surface area contributed by atoms with Gasteiger partial charge in [-0.05, 0) is 60.7 Å². The molecule has 0 heterocycles. The maximum absolute atomic E-state index is 12.7. The van der Waals surface area contributed by atoms with Crippen LogP contribution >= 0.6 is 46.4 Å². The summed E-state index contributed by atoms with van der Waals surface area (Å²) in [6, 6.07) is 15.1. The number of rotatable bonds is 6. The van der Waals surface area contributed by atoms with Crippen LogP contribution in [0.5, 0.6) is 0 Å². The van der Waals surface area contributed by atoms with E-state index < -0.39 is 21.6 Å². The average Bonchev–Trinajstić information content (AvgIpc) is 2.70. The van der Waals surface area contributed by atoms with Crippen LogP contribution in [-0.4, -0.2) is 20.2 Å². The van der Waals surface area contributed by atoms with Gasteiger partial charge in [-0.25, -0.2) is 8.42 Å². The second-order valence-electron chi connectivity index (χ2n) is 6.16. The summed E-state index contributed by atoms with van der Waals surface area (Å²) in [6.07, 6.45) is 0. The number of hydrogen-bond donors (Lipinski definition) is 2. The lowest BCUT2D eigenvalue weighted by molar-refractivity contribution is 0.102. The molecule has 0 spiro atoms. The van der Waals surface area contributed by atoms with Crippen molar-refractivity contribution in [3.63, 3.8) is 0 Å². The number of benzene rings is 3. The molecule has 3 rings (SSSR count). The second-order valence-corrected chi connectivity index (χ2v) is 9.84. The van der Waals surface area contributed by atoms with E-state index in [2.05, 4.69) is 10.6 Å². The van der Waals surface area contributed by atoms with E-state index in [4.69, 9.17) is 46.4 Å². The van der Waals surface area contributed by atoms with E-state index >= 15 is 0 Å². The Hall–Kier alpha value is -1.96. The van der Waals surface area contributed by atoms with Gasteiger partial charge in [0, 0.05) is 21.4 Å². The summed E-state index contributed by atoms with van der Waals surface area (Å²) in [6.45, 7) is 0. The molecule has 0 atom stereocenters. The average molecular weight is 504 g/mol. The fourth-order valence-electron chi connectivity index (χ4n) is 2.52. The fraction of sp³-hybridized carbons (Fsp3) is 0.0500. The van der Waals surface area contributed by atoms with Gasteiger partial charge in [0.05, 0.1) is 20.5 Å². The third kappa shape index (κ3) is 5.59. The zero-order valence-electron chi connectivity index (χ0n) is 15.1. The maximum atomic E-state index is 12.7. The highest BCUT2D eigenvalue weighted by atomic mass is 35.5. The maximum Gasteiger partial charge on any atom is 0.257 e. The molecule has 0 bridgehead atoms. The number of amides is 1. The molecule has 156 valence electrons. The molecule has 10 heteroatoms. The van der Waals surface area contributed by atoms with E-state index in [0.717, 1.165) is 0 Å². The van der Waals surface area contributed by atoms with Gasteiger partial charge >= 0.3 is 0 Å².